The van der Waals surface area contributed by atoms with Gasteiger partial charge in [-0.15, -0.1) is 11.8 Å². The average Bonchev–Trinajstić information content (AvgIpc) is 2.37. The molecule has 0 fully saturated rings. The van der Waals surface area contributed by atoms with Gasteiger partial charge in [-0.1, -0.05) is 52.0 Å². The maximum absolute atomic E-state index is 2.38. The van der Waals surface area contributed by atoms with E-state index in [0.29, 0.717) is 11.2 Å². The SMILES string of the molecule is CCC(C)Sc1cc(C(C)C)c2ccccc2c1. The van der Waals surface area contributed by atoms with Gasteiger partial charge in [0.15, 0.2) is 0 Å². The molecule has 0 aromatic heterocycles. The molecule has 2 rings (SSSR count). The van der Waals surface area contributed by atoms with E-state index in [1.165, 1.54) is 27.7 Å². The Morgan fingerprint density at radius 1 is 1.06 bits per heavy atom. The standard InChI is InChI=1S/C17H22S/c1-5-13(4)18-15-10-14-8-6-7-9-16(14)17(11-15)12(2)3/h6-13H,5H2,1-4H3. The van der Waals surface area contributed by atoms with Crippen LogP contribution in [0, 0.1) is 0 Å². The highest BCUT2D eigenvalue weighted by Crippen LogP contribution is 2.33. The monoisotopic (exact) mass is 258 g/mol. The molecule has 18 heavy (non-hydrogen) atoms. The van der Waals surface area contributed by atoms with Crippen molar-refractivity contribution in [3.8, 4) is 0 Å². The van der Waals surface area contributed by atoms with Gasteiger partial charge in [0.25, 0.3) is 0 Å². The summed E-state index contributed by atoms with van der Waals surface area (Å²) in [5, 5.41) is 3.46. The molecule has 1 atom stereocenters. The Morgan fingerprint density at radius 2 is 1.78 bits per heavy atom. The van der Waals surface area contributed by atoms with Crippen LogP contribution in [0.1, 0.15) is 45.6 Å². The van der Waals surface area contributed by atoms with Crippen molar-refractivity contribution in [1.82, 2.24) is 0 Å². The minimum atomic E-state index is 0.576. The molecule has 1 unspecified atom stereocenters. The van der Waals surface area contributed by atoms with Crippen molar-refractivity contribution in [1.29, 1.82) is 0 Å². The minimum absolute atomic E-state index is 0.576. The molecule has 0 bridgehead atoms. The Morgan fingerprint density at radius 3 is 2.44 bits per heavy atom. The maximum Gasteiger partial charge on any atom is 0.00839 e. The molecule has 1 heteroatoms. The van der Waals surface area contributed by atoms with Gasteiger partial charge in [-0.05, 0) is 40.8 Å². The Balaban J connectivity index is 2.50. The number of hydrogen-bond donors (Lipinski definition) is 0. The van der Waals surface area contributed by atoms with E-state index in [1.807, 2.05) is 11.8 Å². The van der Waals surface area contributed by atoms with E-state index in [-0.39, 0.29) is 0 Å². The van der Waals surface area contributed by atoms with Crippen LogP contribution in [0.15, 0.2) is 41.3 Å². The summed E-state index contributed by atoms with van der Waals surface area (Å²) >= 11 is 1.99. The van der Waals surface area contributed by atoms with Crippen molar-refractivity contribution >= 4 is 22.5 Å². The molecule has 2 aromatic rings. The Bertz CT molecular complexity index is 528. The second kappa shape index (κ2) is 5.79. The molecule has 2 aromatic carbocycles. The lowest BCUT2D eigenvalue weighted by molar-refractivity contribution is 0.871. The fraction of sp³-hybridized carbons (Fsp3) is 0.412. The van der Waals surface area contributed by atoms with Crippen LogP contribution in [0.3, 0.4) is 0 Å². The van der Waals surface area contributed by atoms with Gasteiger partial charge >= 0.3 is 0 Å². The van der Waals surface area contributed by atoms with Crippen molar-refractivity contribution in [3.05, 3.63) is 42.0 Å². The van der Waals surface area contributed by atoms with Gasteiger partial charge in [0, 0.05) is 10.1 Å². The lowest BCUT2D eigenvalue weighted by atomic mass is 9.96. The first-order valence-electron chi connectivity index (χ1n) is 6.81. The summed E-state index contributed by atoms with van der Waals surface area (Å²) < 4.78 is 0. The van der Waals surface area contributed by atoms with Gasteiger partial charge in [-0.25, -0.2) is 0 Å². The van der Waals surface area contributed by atoms with E-state index >= 15 is 0 Å². The van der Waals surface area contributed by atoms with Gasteiger partial charge in [0.1, 0.15) is 0 Å². The number of rotatable bonds is 4. The fourth-order valence-corrected chi connectivity index (χ4v) is 3.19. The predicted molar refractivity (Wildman–Crippen MR) is 83.6 cm³/mol. The molecule has 0 saturated carbocycles. The van der Waals surface area contributed by atoms with E-state index < -0.39 is 0 Å². The molecule has 0 radical (unpaired) electrons. The minimum Gasteiger partial charge on any atom is -0.123 e. The highest BCUT2D eigenvalue weighted by Gasteiger charge is 2.09. The summed E-state index contributed by atoms with van der Waals surface area (Å²) in [7, 11) is 0. The molecule has 0 aliphatic heterocycles. The second-order valence-corrected chi connectivity index (χ2v) is 6.74. The van der Waals surface area contributed by atoms with Gasteiger partial charge in [0.2, 0.25) is 0 Å². The normalized spacial score (nSPS) is 13.2. The van der Waals surface area contributed by atoms with E-state index in [2.05, 4.69) is 64.1 Å². The molecule has 0 saturated heterocycles. The van der Waals surface area contributed by atoms with Crippen LogP contribution < -0.4 is 0 Å². The van der Waals surface area contributed by atoms with Crippen LogP contribution in [0.4, 0.5) is 0 Å². The second-order valence-electron chi connectivity index (χ2n) is 5.23. The van der Waals surface area contributed by atoms with E-state index in [4.69, 9.17) is 0 Å². The molecule has 0 aliphatic rings. The third-order valence-corrected chi connectivity index (χ3v) is 4.65. The predicted octanol–water partition coefficient (Wildman–Crippen LogP) is 5.85. The number of thioether (sulfide) groups is 1. The lowest BCUT2D eigenvalue weighted by Gasteiger charge is -2.15. The highest BCUT2D eigenvalue weighted by atomic mass is 32.2. The molecular formula is C17H22S. The van der Waals surface area contributed by atoms with E-state index in [1.54, 1.807) is 0 Å². The fourth-order valence-electron chi connectivity index (χ4n) is 2.17. The smallest absolute Gasteiger partial charge is 0.00839 e. The van der Waals surface area contributed by atoms with Crippen molar-refractivity contribution in [2.75, 3.05) is 0 Å². The zero-order valence-corrected chi connectivity index (χ0v) is 12.6. The summed E-state index contributed by atoms with van der Waals surface area (Å²) in [6.45, 7) is 9.11. The van der Waals surface area contributed by atoms with Gasteiger partial charge in [0.05, 0.1) is 0 Å². The first kappa shape index (κ1) is 13.5. The molecule has 0 nitrogen and oxygen atoms in total. The van der Waals surface area contributed by atoms with Crippen LogP contribution in [0.25, 0.3) is 10.8 Å². The largest absolute Gasteiger partial charge is 0.123 e. The molecule has 0 N–H and O–H groups in total. The van der Waals surface area contributed by atoms with Crippen LogP contribution in [0.2, 0.25) is 0 Å². The summed E-state index contributed by atoms with van der Waals surface area (Å²) in [4.78, 5) is 1.41. The van der Waals surface area contributed by atoms with Crippen molar-refractivity contribution in [2.45, 2.75) is 50.2 Å². The number of hydrogen-bond acceptors (Lipinski definition) is 1. The third kappa shape index (κ3) is 2.89. The number of fused-ring (bicyclic) bond motifs is 1. The summed E-state index contributed by atoms with van der Waals surface area (Å²) in [6, 6.07) is 13.4. The summed E-state index contributed by atoms with van der Waals surface area (Å²) in [5.74, 6) is 0.576. The number of benzene rings is 2. The van der Waals surface area contributed by atoms with Crippen LogP contribution in [0.5, 0.6) is 0 Å². The van der Waals surface area contributed by atoms with Gasteiger partial charge < -0.3 is 0 Å². The molecule has 0 spiro atoms. The first-order valence-corrected chi connectivity index (χ1v) is 7.69. The highest BCUT2D eigenvalue weighted by molar-refractivity contribution is 8.00. The maximum atomic E-state index is 2.38. The topological polar surface area (TPSA) is 0 Å². The zero-order valence-electron chi connectivity index (χ0n) is 11.7. The average molecular weight is 258 g/mol. The molecule has 0 amide bonds. The van der Waals surface area contributed by atoms with Gasteiger partial charge in [-0.2, -0.15) is 0 Å². The molecule has 96 valence electrons. The zero-order chi connectivity index (χ0) is 13.1. The van der Waals surface area contributed by atoms with E-state index in [0.717, 1.165) is 0 Å². The van der Waals surface area contributed by atoms with Crippen LogP contribution >= 0.6 is 11.8 Å². The molecular weight excluding hydrogens is 236 g/mol. The van der Waals surface area contributed by atoms with Gasteiger partial charge in [-0.3, -0.25) is 0 Å². The van der Waals surface area contributed by atoms with Crippen molar-refractivity contribution < 1.29 is 0 Å². The summed E-state index contributed by atoms with van der Waals surface area (Å²) in [6.07, 6.45) is 1.22. The van der Waals surface area contributed by atoms with Crippen molar-refractivity contribution in [3.63, 3.8) is 0 Å². The quantitative estimate of drug-likeness (QED) is 0.619. The van der Waals surface area contributed by atoms with Crippen molar-refractivity contribution in [2.24, 2.45) is 0 Å². The Labute approximate surface area is 115 Å². The third-order valence-electron chi connectivity index (χ3n) is 3.40. The Hall–Kier alpha value is -0.950. The summed E-state index contributed by atoms with van der Waals surface area (Å²) in [5.41, 5.74) is 1.47. The Kier molecular flexibility index (Phi) is 4.34. The first-order chi connectivity index (χ1) is 8.61. The van der Waals surface area contributed by atoms with Crippen LogP contribution in [-0.2, 0) is 0 Å². The van der Waals surface area contributed by atoms with Crippen LogP contribution in [-0.4, -0.2) is 5.25 Å². The molecule has 0 aliphatic carbocycles. The van der Waals surface area contributed by atoms with E-state index in [9.17, 15) is 0 Å². The molecule has 0 heterocycles. The lowest BCUT2D eigenvalue weighted by Crippen LogP contribution is -1.95.